The molecule has 1 unspecified atom stereocenters. The van der Waals surface area contributed by atoms with Gasteiger partial charge in [0.1, 0.15) is 5.75 Å². The number of ether oxygens (including phenoxy) is 3. The van der Waals surface area contributed by atoms with Gasteiger partial charge in [-0.05, 0) is 25.3 Å². The van der Waals surface area contributed by atoms with Crippen molar-refractivity contribution in [3.63, 3.8) is 0 Å². The smallest absolute Gasteiger partial charge is 0.387 e. The highest BCUT2D eigenvalue weighted by Crippen LogP contribution is 2.19. The molecule has 0 radical (unpaired) electrons. The summed E-state index contributed by atoms with van der Waals surface area (Å²) in [7, 11) is 1.66. The third kappa shape index (κ3) is 7.53. The highest BCUT2D eigenvalue weighted by atomic mass is 19.3. The van der Waals surface area contributed by atoms with Crippen LogP contribution in [0.3, 0.4) is 0 Å². The first-order valence-electron chi connectivity index (χ1n) is 8.85. The maximum absolute atomic E-state index is 12.4. The largest absolute Gasteiger partial charge is 0.434 e. The number of rotatable bonds is 10. The Morgan fingerprint density at radius 1 is 1.35 bits per heavy atom. The van der Waals surface area contributed by atoms with E-state index in [0.717, 1.165) is 25.9 Å². The van der Waals surface area contributed by atoms with Crippen LogP contribution in [0, 0.1) is 0 Å². The Hall–Kier alpha value is -1.93. The molecule has 2 N–H and O–H groups in total. The van der Waals surface area contributed by atoms with Gasteiger partial charge in [-0.2, -0.15) is 8.78 Å². The number of halogens is 2. The van der Waals surface area contributed by atoms with Gasteiger partial charge in [0.2, 0.25) is 0 Å². The molecule has 0 spiro atoms. The number of guanidine groups is 1. The van der Waals surface area contributed by atoms with Gasteiger partial charge in [0.15, 0.2) is 5.96 Å². The first-order valence-corrected chi connectivity index (χ1v) is 8.85. The molecular weight excluding hydrogens is 344 g/mol. The fraction of sp³-hybridized carbons (Fsp3) is 0.611. The van der Waals surface area contributed by atoms with Crippen LogP contribution in [0.25, 0.3) is 0 Å². The second kappa shape index (κ2) is 11.6. The summed E-state index contributed by atoms with van der Waals surface area (Å²) in [5, 5.41) is 6.26. The summed E-state index contributed by atoms with van der Waals surface area (Å²) in [6.45, 7) is 0.313. The van der Waals surface area contributed by atoms with Crippen molar-refractivity contribution in [2.45, 2.75) is 38.5 Å². The first-order chi connectivity index (χ1) is 12.7. The summed E-state index contributed by atoms with van der Waals surface area (Å²) >= 11 is 0. The molecule has 0 bridgehead atoms. The van der Waals surface area contributed by atoms with E-state index >= 15 is 0 Å². The van der Waals surface area contributed by atoms with Gasteiger partial charge in [-0.3, -0.25) is 4.99 Å². The molecule has 0 amide bonds. The molecule has 1 saturated heterocycles. The second-order valence-electron chi connectivity index (χ2n) is 5.90. The lowest BCUT2D eigenvalue weighted by Gasteiger charge is -2.15. The summed E-state index contributed by atoms with van der Waals surface area (Å²) in [6.07, 6.45) is 3.26. The van der Waals surface area contributed by atoms with Crippen molar-refractivity contribution in [1.29, 1.82) is 0 Å². The van der Waals surface area contributed by atoms with Gasteiger partial charge in [-0.1, -0.05) is 18.2 Å². The summed E-state index contributed by atoms with van der Waals surface area (Å²) < 4.78 is 40.5. The number of aliphatic imine (C=N–C) groups is 1. The van der Waals surface area contributed by atoms with E-state index in [0.29, 0.717) is 37.8 Å². The van der Waals surface area contributed by atoms with Crippen molar-refractivity contribution < 1.29 is 23.0 Å². The van der Waals surface area contributed by atoms with Crippen LogP contribution >= 0.6 is 0 Å². The van der Waals surface area contributed by atoms with Crippen LogP contribution < -0.4 is 15.4 Å². The average molecular weight is 371 g/mol. The molecule has 1 fully saturated rings. The molecule has 1 aromatic rings. The Morgan fingerprint density at radius 2 is 2.19 bits per heavy atom. The highest BCUT2D eigenvalue weighted by molar-refractivity contribution is 5.79. The Balaban J connectivity index is 1.63. The zero-order valence-corrected chi connectivity index (χ0v) is 15.0. The third-order valence-electron chi connectivity index (χ3n) is 3.94. The third-order valence-corrected chi connectivity index (χ3v) is 3.94. The van der Waals surface area contributed by atoms with Crippen LogP contribution in [0.2, 0.25) is 0 Å². The zero-order chi connectivity index (χ0) is 18.6. The van der Waals surface area contributed by atoms with Crippen LogP contribution in [-0.4, -0.2) is 52.1 Å². The van der Waals surface area contributed by atoms with Gasteiger partial charge >= 0.3 is 6.61 Å². The Bertz CT molecular complexity index is 552. The predicted molar refractivity (Wildman–Crippen MR) is 95.7 cm³/mol. The van der Waals surface area contributed by atoms with Gasteiger partial charge in [0, 0.05) is 38.9 Å². The van der Waals surface area contributed by atoms with Gasteiger partial charge in [-0.25, -0.2) is 0 Å². The van der Waals surface area contributed by atoms with Crippen LogP contribution in [0.15, 0.2) is 29.3 Å². The fourth-order valence-corrected chi connectivity index (χ4v) is 2.63. The standard InChI is InChI=1S/C18H27F2N3O3/c1-21-18(22-9-5-10-24-13-15-7-4-11-25-15)23-12-14-6-2-3-8-16(14)26-17(19)20/h2-3,6,8,15,17H,4-5,7,9-13H2,1H3,(H2,21,22,23). The van der Waals surface area contributed by atoms with Crippen molar-refractivity contribution in [3.05, 3.63) is 29.8 Å². The van der Waals surface area contributed by atoms with E-state index in [4.69, 9.17) is 9.47 Å². The number of nitrogens with zero attached hydrogens (tertiary/aromatic N) is 1. The molecule has 26 heavy (non-hydrogen) atoms. The molecule has 146 valence electrons. The average Bonchev–Trinajstić information content (AvgIpc) is 3.14. The van der Waals surface area contributed by atoms with E-state index in [2.05, 4.69) is 20.4 Å². The molecule has 0 aromatic heterocycles. The van der Waals surface area contributed by atoms with Gasteiger partial charge in [-0.15, -0.1) is 0 Å². The molecule has 8 heteroatoms. The molecule has 1 aliphatic rings. The minimum Gasteiger partial charge on any atom is -0.434 e. The minimum absolute atomic E-state index is 0.160. The van der Waals surface area contributed by atoms with E-state index < -0.39 is 6.61 Å². The molecule has 6 nitrogen and oxygen atoms in total. The van der Waals surface area contributed by atoms with Crippen LogP contribution in [-0.2, 0) is 16.0 Å². The monoisotopic (exact) mass is 371 g/mol. The van der Waals surface area contributed by atoms with Crippen molar-refractivity contribution >= 4 is 5.96 Å². The topological polar surface area (TPSA) is 64.1 Å². The number of hydrogen-bond donors (Lipinski definition) is 2. The maximum Gasteiger partial charge on any atom is 0.387 e. The minimum atomic E-state index is -2.84. The molecule has 2 rings (SSSR count). The summed E-state index contributed by atoms with van der Waals surface area (Å²) in [6, 6.07) is 6.68. The van der Waals surface area contributed by atoms with E-state index in [1.54, 1.807) is 25.2 Å². The lowest BCUT2D eigenvalue weighted by molar-refractivity contribution is -0.0504. The van der Waals surface area contributed by atoms with Crippen molar-refractivity contribution in [2.24, 2.45) is 4.99 Å². The normalized spacial score (nSPS) is 17.5. The highest BCUT2D eigenvalue weighted by Gasteiger charge is 2.15. The molecule has 1 aromatic carbocycles. The molecule has 0 saturated carbocycles. The molecule has 1 atom stereocenters. The number of nitrogens with one attached hydrogen (secondary N) is 2. The van der Waals surface area contributed by atoms with Crippen LogP contribution in [0.1, 0.15) is 24.8 Å². The van der Waals surface area contributed by atoms with Gasteiger partial charge in [0.05, 0.1) is 12.7 Å². The first kappa shape index (κ1) is 20.4. The van der Waals surface area contributed by atoms with Crippen molar-refractivity contribution in [1.82, 2.24) is 10.6 Å². The van der Waals surface area contributed by atoms with Crippen molar-refractivity contribution in [2.75, 3.05) is 33.4 Å². The summed E-state index contributed by atoms with van der Waals surface area (Å²) in [5.74, 6) is 0.754. The number of hydrogen-bond acceptors (Lipinski definition) is 4. The lowest BCUT2D eigenvalue weighted by atomic mass is 10.2. The maximum atomic E-state index is 12.4. The molecular formula is C18H27F2N3O3. The second-order valence-corrected chi connectivity index (χ2v) is 5.90. The molecule has 1 heterocycles. The van der Waals surface area contributed by atoms with E-state index in [1.807, 2.05) is 0 Å². The summed E-state index contributed by atoms with van der Waals surface area (Å²) in [4.78, 5) is 4.12. The number of alkyl halides is 2. The number of para-hydroxylation sites is 1. The number of benzene rings is 1. The van der Waals surface area contributed by atoms with E-state index in [-0.39, 0.29) is 11.9 Å². The lowest BCUT2D eigenvalue weighted by Crippen LogP contribution is -2.37. The zero-order valence-electron chi connectivity index (χ0n) is 15.0. The van der Waals surface area contributed by atoms with E-state index in [9.17, 15) is 8.78 Å². The predicted octanol–water partition coefficient (Wildman–Crippen LogP) is 2.54. The Morgan fingerprint density at radius 3 is 2.92 bits per heavy atom. The van der Waals surface area contributed by atoms with E-state index in [1.165, 1.54) is 6.07 Å². The van der Waals surface area contributed by atoms with Gasteiger partial charge < -0.3 is 24.8 Å². The molecule has 0 aliphatic carbocycles. The SMILES string of the molecule is CN=C(NCCCOCC1CCCO1)NCc1ccccc1OC(F)F. The quantitative estimate of drug-likeness (QED) is 0.376. The van der Waals surface area contributed by atoms with Crippen LogP contribution in [0.4, 0.5) is 8.78 Å². The summed E-state index contributed by atoms with van der Waals surface area (Å²) in [5.41, 5.74) is 0.635. The fourth-order valence-electron chi connectivity index (χ4n) is 2.63. The Labute approximate surface area is 152 Å². The van der Waals surface area contributed by atoms with Crippen LogP contribution in [0.5, 0.6) is 5.75 Å². The molecule has 1 aliphatic heterocycles. The Kier molecular flexibility index (Phi) is 9.13. The van der Waals surface area contributed by atoms with Gasteiger partial charge in [0.25, 0.3) is 0 Å². The van der Waals surface area contributed by atoms with Crippen molar-refractivity contribution in [3.8, 4) is 5.75 Å².